The molecule has 3 rings (SSSR count). The van der Waals surface area contributed by atoms with Gasteiger partial charge in [-0.1, -0.05) is 12.1 Å². The molecule has 0 unspecified atom stereocenters. The molecule has 0 spiro atoms. The average molecular weight is 366 g/mol. The zero-order valence-corrected chi connectivity index (χ0v) is 15.6. The number of furan rings is 1. The smallest absolute Gasteiger partial charge is 0.292 e. The van der Waals surface area contributed by atoms with Crippen molar-refractivity contribution in [3.63, 3.8) is 0 Å². The number of nitrogens with one attached hydrogen (secondary N) is 1. The molecule has 0 fully saturated rings. The fourth-order valence-electron chi connectivity index (χ4n) is 2.45. The molecule has 2 aromatic heterocycles. The van der Waals surface area contributed by atoms with Crippen LogP contribution >= 0.6 is 11.3 Å². The Morgan fingerprint density at radius 2 is 2.08 bits per heavy atom. The second-order valence-electron chi connectivity index (χ2n) is 5.92. The first-order chi connectivity index (χ1) is 12.5. The summed E-state index contributed by atoms with van der Waals surface area (Å²) in [7, 11) is 0. The van der Waals surface area contributed by atoms with Crippen LogP contribution in [-0.4, -0.2) is 5.91 Å². The SMILES string of the molecule is Cc1cccc(OCc2ccc(C(=O)Nc3sc(C)c(C)c3C#N)o2)c1. The largest absolute Gasteiger partial charge is 0.486 e. The third-order valence-corrected chi connectivity index (χ3v) is 5.10. The topological polar surface area (TPSA) is 75.3 Å². The molecule has 6 heteroatoms. The molecule has 0 atom stereocenters. The van der Waals surface area contributed by atoms with E-state index < -0.39 is 0 Å². The molecular weight excluding hydrogens is 348 g/mol. The van der Waals surface area contributed by atoms with Gasteiger partial charge >= 0.3 is 0 Å². The fraction of sp³-hybridized carbons (Fsp3) is 0.200. The number of thiophene rings is 1. The van der Waals surface area contributed by atoms with E-state index in [0.717, 1.165) is 21.8 Å². The average Bonchev–Trinajstić information content (AvgIpc) is 3.18. The van der Waals surface area contributed by atoms with E-state index >= 15 is 0 Å². The molecular formula is C20H18N2O3S. The van der Waals surface area contributed by atoms with Crippen LogP contribution in [0.15, 0.2) is 40.8 Å². The molecule has 0 bridgehead atoms. The molecule has 3 aromatic rings. The maximum Gasteiger partial charge on any atom is 0.292 e. The summed E-state index contributed by atoms with van der Waals surface area (Å²) >= 11 is 1.38. The molecule has 0 radical (unpaired) electrons. The van der Waals surface area contributed by atoms with Gasteiger partial charge in [-0.2, -0.15) is 5.26 Å². The molecule has 1 aromatic carbocycles. The lowest BCUT2D eigenvalue weighted by atomic mass is 10.2. The van der Waals surface area contributed by atoms with Gasteiger partial charge in [0, 0.05) is 4.88 Å². The van der Waals surface area contributed by atoms with Crippen LogP contribution < -0.4 is 10.1 Å². The van der Waals surface area contributed by atoms with E-state index in [9.17, 15) is 10.1 Å². The number of ether oxygens (including phenoxy) is 1. The van der Waals surface area contributed by atoms with Gasteiger partial charge in [0.25, 0.3) is 5.91 Å². The Morgan fingerprint density at radius 1 is 1.27 bits per heavy atom. The Labute approximate surface area is 155 Å². The number of carbonyl (C=O) groups excluding carboxylic acids is 1. The summed E-state index contributed by atoms with van der Waals surface area (Å²) in [5.41, 5.74) is 2.49. The van der Waals surface area contributed by atoms with Crippen molar-refractivity contribution in [3.05, 3.63) is 69.5 Å². The van der Waals surface area contributed by atoms with E-state index in [1.54, 1.807) is 12.1 Å². The molecule has 1 amide bonds. The second-order valence-corrected chi connectivity index (χ2v) is 7.15. The summed E-state index contributed by atoms with van der Waals surface area (Å²) in [4.78, 5) is 13.4. The maximum absolute atomic E-state index is 12.4. The lowest BCUT2D eigenvalue weighted by Crippen LogP contribution is -2.10. The molecule has 5 nitrogen and oxygen atoms in total. The first-order valence-electron chi connectivity index (χ1n) is 8.07. The number of amides is 1. The summed E-state index contributed by atoms with van der Waals surface area (Å²) in [6.07, 6.45) is 0. The number of aryl methyl sites for hydroxylation is 2. The minimum atomic E-state index is -0.385. The molecule has 0 aliphatic heterocycles. The summed E-state index contributed by atoms with van der Waals surface area (Å²) < 4.78 is 11.2. The zero-order chi connectivity index (χ0) is 18.7. The van der Waals surface area contributed by atoms with Gasteiger partial charge in [0.2, 0.25) is 0 Å². The van der Waals surface area contributed by atoms with Crippen LogP contribution in [0, 0.1) is 32.1 Å². The molecule has 0 saturated carbocycles. The number of nitrogens with zero attached hydrogens (tertiary/aromatic N) is 1. The van der Waals surface area contributed by atoms with Crippen molar-refractivity contribution in [2.75, 3.05) is 5.32 Å². The zero-order valence-electron chi connectivity index (χ0n) is 14.8. The summed E-state index contributed by atoms with van der Waals surface area (Å²) in [5.74, 6) is 1.09. The van der Waals surface area contributed by atoms with Crippen molar-refractivity contribution < 1.29 is 13.9 Å². The second kappa shape index (κ2) is 7.46. The van der Waals surface area contributed by atoms with Crippen LogP contribution in [0.5, 0.6) is 5.75 Å². The van der Waals surface area contributed by atoms with Gasteiger partial charge < -0.3 is 14.5 Å². The number of nitriles is 1. The standard InChI is InChI=1S/C20H18N2O3S/c1-12-5-4-6-15(9-12)24-11-16-7-8-18(25-16)19(23)22-20-17(10-21)13(2)14(3)26-20/h4-9H,11H2,1-3H3,(H,22,23). The van der Waals surface area contributed by atoms with Gasteiger partial charge in [0.15, 0.2) is 5.76 Å². The van der Waals surface area contributed by atoms with Crippen LogP contribution in [0.4, 0.5) is 5.00 Å². The van der Waals surface area contributed by atoms with Crippen molar-refractivity contribution in [3.8, 4) is 11.8 Å². The highest BCUT2D eigenvalue weighted by molar-refractivity contribution is 7.16. The van der Waals surface area contributed by atoms with Gasteiger partial charge in [0.05, 0.1) is 5.56 Å². The number of benzene rings is 1. The monoisotopic (exact) mass is 366 g/mol. The molecule has 2 heterocycles. The van der Waals surface area contributed by atoms with Gasteiger partial charge in [-0.25, -0.2) is 0 Å². The maximum atomic E-state index is 12.4. The Kier molecular flexibility index (Phi) is 5.10. The predicted molar refractivity (Wildman–Crippen MR) is 101 cm³/mol. The molecule has 0 aliphatic carbocycles. The number of hydrogen-bond acceptors (Lipinski definition) is 5. The molecule has 1 N–H and O–H groups in total. The first-order valence-corrected chi connectivity index (χ1v) is 8.89. The van der Waals surface area contributed by atoms with Crippen LogP contribution in [0.25, 0.3) is 0 Å². The highest BCUT2D eigenvalue weighted by atomic mass is 32.1. The van der Waals surface area contributed by atoms with E-state index in [4.69, 9.17) is 9.15 Å². The highest BCUT2D eigenvalue weighted by Gasteiger charge is 2.17. The normalized spacial score (nSPS) is 10.4. The Bertz CT molecular complexity index is 995. The Morgan fingerprint density at radius 3 is 2.81 bits per heavy atom. The van der Waals surface area contributed by atoms with Crippen LogP contribution in [-0.2, 0) is 6.61 Å². The lowest BCUT2D eigenvalue weighted by molar-refractivity contribution is 0.0993. The number of hydrogen-bond donors (Lipinski definition) is 1. The van der Waals surface area contributed by atoms with Crippen molar-refractivity contribution >= 4 is 22.2 Å². The van der Waals surface area contributed by atoms with Gasteiger partial charge in [-0.15, -0.1) is 11.3 Å². The van der Waals surface area contributed by atoms with E-state index in [-0.39, 0.29) is 18.3 Å². The van der Waals surface area contributed by atoms with E-state index in [0.29, 0.717) is 16.3 Å². The predicted octanol–water partition coefficient (Wildman–Crippen LogP) is 4.97. The fourth-order valence-corrected chi connectivity index (χ4v) is 3.46. The summed E-state index contributed by atoms with van der Waals surface area (Å²) in [5, 5.41) is 12.6. The van der Waals surface area contributed by atoms with Crippen LogP contribution in [0.2, 0.25) is 0 Å². The quantitative estimate of drug-likeness (QED) is 0.692. The Hall–Kier alpha value is -3.04. The number of carbonyl (C=O) groups is 1. The lowest BCUT2D eigenvalue weighted by Gasteiger charge is -2.05. The van der Waals surface area contributed by atoms with Crippen LogP contribution in [0.3, 0.4) is 0 Å². The number of anilines is 1. The van der Waals surface area contributed by atoms with Crippen molar-refractivity contribution in [1.82, 2.24) is 0 Å². The first kappa shape index (κ1) is 17.8. The molecule has 0 saturated heterocycles. The van der Waals surface area contributed by atoms with Crippen molar-refractivity contribution in [2.45, 2.75) is 27.4 Å². The van der Waals surface area contributed by atoms with Crippen LogP contribution in [0.1, 0.15) is 37.9 Å². The van der Waals surface area contributed by atoms with E-state index in [2.05, 4.69) is 11.4 Å². The van der Waals surface area contributed by atoms with E-state index in [1.807, 2.05) is 45.0 Å². The van der Waals surface area contributed by atoms with Gasteiger partial charge in [0.1, 0.15) is 29.2 Å². The van der Waals surface area contributed by atoms with Gasteiger partial charge in [-0.05, 0) is 56.2 Å². The molecule has 26 heavy (non-hydrogen) atoms. The third kappa shape index (κ3) is 3.79. The molecule has 0 aliphatic rings. The number of rotatable bonds is 5. The minimum absolute atomic E-state index is 0.181. The van der Waals surface area contributed by atoms with Crippen molar-refractivity contribution in [2.24, 2.45) is 0 Å². The summed E-state index contributed by atoms with van der Waals surface area (Å²) in [6, 6.07) is 13.2. The Balaban J connectivity index is 1.67. The summed E-state index contributed by atoms with van der Waals surface area (Å²) in [6.45, 7) is 6.01. The minimum Gasteiger partial charge on any atom is -0.486 e. The molecule has 132 valence electrons. The van der Waals surface area contributed by atoms with E-state index in [1.165, 1.54) is 11.3 Å². The third-order valence-electron chi connectivity index (χ3n) is 3.98. The van der Waals surface area contributed by atoms with Crippen molar-refractivity contribution in [1.29, 1.82) is 5.26 Å². The van der Waals surface area contributed by atoms with Gasteiger partial charge in [-0.3, -0.25) is 4.79 Å². The highest BCUT2D eigenvalue weighted by Crippen LogP contribution is 2.32.